The summed E-state index contributed by atoms with van der Waals surface area (Å²) in [6, 6.07) is 13.7. The smallest absolute Gasteiger partial charge is 0.256 e. The van der Waals surface area contributed by atoms with Gasteiger partial charge in [-0.05, 0) is 93.1 Å². The molecule has 2 aliphatic rings. The molecule has 1 atom stereocenters. The van der Waals surface area contributed by atoms with Gasteiger partial charge in [0.2, 0.25) is 0 Å². The van der Waals surface area contributed by atoms with Crippen LogP contribution in [0.3, 0.4) is 0 Å². The lowest BCUT2D eigenvalue weighted by Gasteiger charge is -2.38. The highest BCUT2D eigenvalue weighted by Crippen LogP contribution is 2.39. The molecule has 1 aliphatic carbocycles. The highest BCUT2D eigenvalue weighted by molar-refractivity contribution is 6.33. The van der Waals surface area contributed by atoms with Gasteiger partial charge in [-0.1, -0.05) is 17.7 Å². The first-order valence-corrected chi connectivity index (χ1v) is 13.9. The number of piperidine rings is 1. The van der Waals surface area contributed by atoms with Gasteiger partial charge in [0.15, 0.2) is 0 Å². The molecule has 0 saturated carbocycles. The van der Waals surface area contributed by atoms with Crippen LogP contribution in [0.5, 0.6) is 0 Å². The Morgan fingerprint density at radius 2 is 1.72 bits per heavy atom. The third-order valence-electron chi connectivity index (χ3n) is 8.09. The molecule has 6 nitrogen and oxygen atoms in total. The van der Waals surface area contributed by atoms with E-state index in [0.717, 1.165) is 55.6 Å². The van der Waals surface area contributed by atoms with Crippen molar-refractivity contribution in [2.75, 3.05) is 25.0 Å². The van der Waals surface area contributed by atoms with Gasteiger partial charge < -0.3 is 14.7 Å². The monoisotopic (exact) mass is 548 g/mol. The summed E-state index contributed by atoms with van der Waals surface area (Å²) in [6.45, 7) is 5.70. The van der Waals surface area contributed by atoms with E-state index in [9.17, 15) is 14.0 Å². The number of aryl methyl sites for hydroxylation is 1. The van der Waals surface area contributed by atoms with E-state index in [0.29, 0.717) is 5.56 Å². The van der Waals surface area contributed by atoms with Crippen LogP contribution in [-0.4, -0.2) is 58.8 Å². The summed E-state index contributed by atoms with van der Waals surface area (Å²) >= 11 is 6.26. The van der Waals surface area contributed by atoms with Crippen molar-refractivity contribution in [1.29, 1.82) is 0 Å². The third kappa shape index (κ3) is 5.50. The summed E-state index contributed by atoms with van der Waals surface area (Å²) < 4.78 is 13.6. The number of aromatic nitrogens is 1. The van der Waals surface area contributed by atoms with Crippen LogP contribution in [-0.2, 0) is 6.42 Å². The first kappa shape index (κ1) is 27.1. The Hall–Kier alpha value is -3.45. The van der Waals surface area contributed by atoms with Crippen LogP contribution in [0.2, 0.25) is 5.02 Å². The summed E-state index contributed by atoms with van der Waals surface area (Å²) in [6.07, 6.45) is 6.99. The average Bonchev–Trinajstić information content (AvgIpc) is 3.35. The Kier molecular flexibility index (Phi) is 7.89. The van der Waals surface area contributed by atoms with Crippen LogP contribution >= 0.6 is 11.6 Å². The Labute approximate surface area is 234 Å². The van der Waals surface area contributed by atoms with E-state index < -0.39 is 5.82 Å². The topological polar surface area (TPSA) is 56.8 Å². The Morgan fingerprint density at radius 3 is 2.38 bits per heavy atom. The van der Waals surface area contributed by atoms with Gasteiger partial charge in [0.05, 0.1) is 16.6 Å². The van der Waals surface area contributed by atoms with Crippen molar-refractivity contribution < 1.29 is 14.0 Å². The summed E-state index contributed by atoms with van der Waals surface area (Å²) in [5.74, 6) is -0.716. The molecule has 0 radical (unpaired) electrons. The Bertz CT molecular complexity index is 1360. The van der Waals surface area contributed by atoms with Crippen molar-refractivity contribution in [1.82, 2.24) is 14.8 Å². The minimum Gasteiger partial charge on any atom is -0.371 e. The maximum atomic E-state index is 13.6. The molecule has 1 aromatic heterocycles. The van der Waals surface area contributed by atoms with Crippen molar-refractivity contribution in [3.8, 4) is 0 Å². The molecule has 3 aromatic rings. The normalized spacial score (nSPS) is 17.3. The molecule has 204 valence electrons. The molecule has 2 heterocycles. The van der Waals surface area contributed by atoms with Crippen LogP contribution in [0.1, 0.15) is 71.0 Å². The predicted molar refractivity (Wildman–Crippen MR) is 152 cm³/mol. The van der Waals surface area contributed by atoms with Gasteiger partial charge in [-0.15, -0.1) is 0 Å². The molecular weight excluding hydrogens is 515 g/mol. The van der Waals surface area contributed by atoms with Gasteiger partial charge >= 0.3 is 0 Å². The van der Waals surface area contributed by atoms with Crippen molar-refractivity contribution in [2.45, 2.75) is 57.7 Å². The van der Waals surface area contributed by atoms with Crippen LogP contribution in [0.15, 0.2) is 60.9 Å². The maximum absolute atomic E-state index is 13.6. The van der Waals surface area contributed by atoms with E-state index in [2.05, 4.69) is 9.88 Å². The fraction of sp³-hybridized carbons (Fsp3) is 0.387. The van der Waals surface area contributed by atoms with Gasteiger partial charge in [0.25, 0.3) is 11.8 Å². The number of carbonyl (C=O) groups is 2. The van der Waals surface area contributed by atoms with Gasteiger partial charge in [-0.25, -0.2) is 4.39 Å². The standard InChI is InChI=1S/C31H34ClFN4O2/c1-20(2)37(31(39)26-8-7-23(33)19-28(26)32)29-9-6-21-4-5-22(18-27(21)29)30(38)35(3)24-12-16-36(17-13-24)25-10-14-34-15-11-25/h4-5,7-8,10-11,14-15,18-20,24,29H,6,9,12-13,16-17H2,1-3H3/t29-/m1/s1. The second kappa shape index (κ2) is 11.3. The van der Waals surface area contributed by atoms with E-state index in [1.807, 2.05) is 61.0 Å². The summed E-state index contributed by atoms with van der Waals surface area (Å²) in [4.78, 5) is 37.4. The minimum absolute atomic E-state index is 0.00480. The van der Waals surface area contributed by atoms with Crippen LogP contribution in [0.25, 0.3) is 0 Å². The van der Waals surface area contributed by atoms with Gasteiger partial charge in [-0.3, -0.25) is 14.6 Å². The number of amides is 2. The van der Waals surface area contributed by atoms with Crippen molar-refractivity contribution in [3.05, 3.63) is 94.0 Å². The molecule has 2 aromatic carbocycles. The number of halogens is 2. The van der Waals surface area contributed by atoms with Gasteiger partial charge in [-0.2, -0.15) is 0 Å². The first-order chi connectivity index (χ1) is 18.7. The average molecular weight is 549 g/mol. The van der Waals surface area contributed by atoms with E-state index in [4.69, 9.17) is 11.6 Å². The number of hydrogen-bond donors (Lipinski definition) is 0. The number of hydrogen-bond acceptors (Lipinski definition) is 4. The van der Waals surface area contributed by atoms with E-state index in [-0.39, 0.29) is 40.5 Å². The highest BCUT2D eigenvalue weighted by atomic mass is 35.5. The quantitative estimate of drug-likeness (QED) is 0.370. The number of carbonyl (C=O) groups excluding carboxylic acids is 2. The fourth-order valence-corrected chi connectivity index (χ4v) is 6.22. The molecule has 0 unspecified atom stereocenters. The number of pyridine rings is 1. The molecule has 1 fully saturated rings. The number of anilines is 1. The fourth-order valence-electron chi connectivity index (χ4n) is 5.98. The SMILES string of the molecule is CC(C)N(C(=O)c1ccc(F)cc1Cl)[C@@H]1CCc2ccc(C(=O)N(C)C3CCN(c4ccncc4)CC3)cc21. The van der Waals surface area contributed by atoms with Gasteiger partial charge in [0.1, 0.15) is 5.82 Å². The van der Waals surface area contributed by atoms with Crippen LogP contribution in [0.4, 0.5) is 10.1 Å². The lowest BCUT2D eigenvalue weighted by Crippen LogP contribution is -2.45. The summed E-state index contributed by atoms with van der Waals surface area (Å²) in [5, 5.41) is 0.101. The molecule has 5 rings (SSSR count). The molecule has 8 heteroatoms. The molecule has 0 spiro atoms. The number of benzene rings is 2. The maximum Gasteiger partial charge on any atom is 0.256 e. The molecule has 1 aliphatic heterocycles. The second-order valence-corrected chi connectivity index (χ2v) is 11.1. The largest absolute Gasteiger partial charge is 0.371 e. The zero-order valence-electron chi connectivity index (χ0n) is 22.6. The third-order valence-corrected chi connectivity index (χ3v) is 8.40. The first-order valence-electron chi connectivity index (χ1n) is 13.6. The molecule has 39 heavy (non-hydrogen) atoms. The van der Waals surface area contributed by atoms with Gasteiger partial charge in [0, 0.05) is 55.9 Å². The molecule has 0 N–H and O–H groups in total. The zero-order valence-corrected chi connectivity index (χ0v) is 23.4. The van der Waals surface area contributed by atoms with E-state index in [1.54, 1.807) is 12.4 Å². The highest BCUT2D eigenvalue weighted by Gasteiger charge is 2.35. The molecular formula is C31H34ClFN4O2. The van der Waals surface area contributed by atoms with Crippen molar-refractivity contribution >= 4 is 29.1 Å². The lowest BCUT2D eigenvalue weighted by atomic mass is 9.99. The summed E-state index contributed by atoms with van der Waals surface area (Å²) in [5.41, 5.74) is 4.23. The number of rotatable bonds is 6. The molecule has 2 amide bonds. The van der Waals surface area contributed by atoms with Crippen LogP contribution < -0.4 is 4.90 Å². The van der Waals surface area contributed by atoms with Crippen LogP contribution in [0, 0.1) is 5.82 Å². The zero-order chi connectivity index (χ0) is 27.7. The summed E-state index contributed by atoms with van der Waals surface area (Å²) in [7, 11) is 1.89. The molecule has 0 bridgehead atoms. The Balaban J connectivity index is 1.33. The number of fused-ring (bicyclic) bond motifs is 1. The molecule has 1 saturated heterocycles. The van der Waals surface area contributed by atoms with E-state index >= 15 is 0 Å². The lowest BCUT2D eigenvalue weighted by molar-refractivity contribution is 0.0606. The second-order valence-electron chi connectivity index (χ2n) is 10.7. The Morgan fingerprint density at radius 1 is 1.00 bits per heavy atom. The predicted octanol–water partition coefficient (Wildman–Crippen LogP) is 6.15. The van der Waals surface area contributed by atoms with Crippen molar-refractivity contribution in [3.63, 3.8) is 0 Å². The van der Waals surface area contributed by atoms with Crippen molar-refractivity contribution in [2.24, 2.45) is 0 Å². The van der Waals surface area contributed by atoms with E-state index in [1.165, 1.54) is 18.2 Å². The minimum atomic E-state index is -0.478. The number of nitrogens with zero attached hydrogens (tertiary/aromatic N) is 4.